The van der Waals surface area contributed by atoms with Crippen molar-refractivity contribution in [2.75, 3.05) is 5.32 Å². The number of benzene rings is 1. The number of alkyl halides is 3. The molecular formula is C16H15F3N4O3. The number of aryl methyl sites for hydroxylation is 1. The Morgan fingerprint density at radius 2 is 2.04 bits per heavy atom. The zero-order chi connectivity index (χ0) is 18.9. The van der Waals surface area contributed by atoms with Gasteiger partial charge in [-0.3, -0.25) is 19.6 Å². The number of amides is 1. The van der Waals surface area contributed by atoms with Crippen LogP contribution in [-0.4, -0.2) is 20.6 Å². The lowest BCUT2D eigenvalue weighted by Gasteiger charge is -2.08. The normalized spacial score (nSPS) is 14.3. The van der Waals surface area contributed by atoms with Gasteiger partial charge in [-0.2, -0.15) is 18.3 Å². The number of para-hydroxylation sites is 2. The highest BCUT2D eigenvalue weighted by molar-refractivity contribution is 5.92. The molecule has 1 amide bonds. The van der Waals surface area contributed by atoms with Gasteiger partial charge in [-0.05, 0) is 25.0 Å². The van der Waals surface area contributed by atoms with Crippen LogP contribution in [0, 0.1) is 10.1 Å². The first-order chi connectivity index (χ1) is 12.3. The molecule has 1 N–H and O–H groups in total. The summed E-state index contributed by atoms with van der Waals surface area (Å²) in [7, 11) is 0. The number of nitro groups is 1. The van der Waals surface area contributed by atoms with Crippen LogP contribution in [0.25, 0.3) is 0 Å². The Morgan fingerprint density at radius 3 is 2.65 bits per heavy atom. The standard InChI is InChI=1S/C16H15F3N4O3/c17-16(18,19)14-9-13(10-5-6-10)22(21-14)8-7-15(24)20-11-3-1-2-4-12(11)23(25)26/h1-4,9-10H,5-8H2,(H,20,24). The van der Waals surface area contributed by atoms with Gasteiger partial charge in [0.15, 0.2) is 5.69 Å². The summed E-state index contributed by atoms with van der Waals surface area (Å²) in [6.45, 7) is -0.0334. The first-order valence-electron chi connectivity index (χ1n) is 7.94. The molecule has 1 heterocycles. The highest BCUT2D eigenvalue weighted by Crippen LogP contribution is 2.42. The third-order valence-corrected chi connectivity index (χ3v) is 4.02. The molecule has 138 valence electrons. The number of rotatable bonds is 6. The van der Waals surface area contributed by atoms with E-state index in [1.165, 1.54) is 28.9 Å². The minimum absolute atomic E-state index is 0.0334. The van der Waals surface area contributed by atoms with E-state index in [2.05, 4.69) is 10.4 Å². The second kappa shape index (κ2) is 6.77. The van der Waals surface area contributed by atoms with Crippen molar-refractivity contribution < 1.29 is 22.9 Å². The highest BCUT2D eigenvalue weighted by atomic mass is 19.4. The Morgan fingerprint density at radius 1 is 1.35 bits per heavy atom. The summed E-state index contributed by atoms with van der Waals surface area (Å²) in [4.78, 5) is 22.4. The average molecular weight is 368 g/mol. The average Bonchev–Trinajstić information content (AvgIpc) is 3.31. The van der Waals surface area contributed by atoms with Crippen LogP contribution < -0.4 is 5.32 Å². The minimum atomic E-state index is -4.54. The topological polar surface area (TPSA) is 90.1 Å². The minimum Gasteiger partial charge on any atom is -0.320 e. The van der Waals surface area contributed by atoms with Crippen molar-refractivity contribution in [2.24, 2.45) is 0 Å². The van der Waals surface area contributed by atoms with Gasteiger partial charge in [0.25, 0.3) is 5.69 Å². The van der Waals surface area contributed by atoms with Crippen LogP contribution in [0.5, 0.6) is 0 Å². The molecule has 26 heavy (non-hydrogen) atoms. The summed E-state index contributed by atoms with van der Waals surface area (Å²) in [6, 6.07) is 6.68. The van der Waals surface area contributed by atoms with E-state index < -0.39 is 22.7 Å². The van der Waals surface area contributed by atoms with Crippen molar-refractivity contribution in [2.45, 2.75) is 37.9 Å². The molecule has 0 radical (unpaired) electrons. The SMILES string of the molecule is O=C(CCn1nc(C(F)(F)F)cc1C1CC1)Nc1ccccc1[N+](=O)[O-]. The molecule has 1 fully saturated rings. The predicted molar refractivity (Wildman–Crippen MR) is 85.5 cm³/mol. The lowest BCUT2D eigenvalue weighted by atomic mass is 10.2. The van der Waals surface area contributed by atoms with E-state index in [9.17, 15) is 28.1 Å². The van der Waals surface area contributed by atoms with E-state index in [0.29, 0.717) is 5.69 Å². The van der Waals surface area contributed by atoms with Gasteiger partial charge in [-0.15, -0.1) is 0 Å². The van der Waals surface area contributed by atoms with Crippen LogP contribution >= 0.6 is 0 Å². The molecule has 1 aromatic heterocycles. The Labute approximate surface area is 146 Å². The van der Waals surface area contributed by atoms with Gasteiger partial charge in [0, 0.05) is 30.6 Å². The van der Waals surface area contributed by atoms with Gasteiger partial charge in [-0.25, -0.2) is 0 Å². The Kier molecular flexibility index (Phi) is 4.66. The number of carbonyl (C=O) groups excluding carboxylic acids is 1. The molecule has 0 unspecified atom stereocenters. The lowest BCUT2D eigenvalue weighted by molar-refractivity contribution is -0.383. The smallest absolute Gasteiger partial charge is 0.320 e. The molecule has 1 aliphatic carbocycles. The number of nitrogens with zero attached hydrogens (tertiary/aromatic N) is 3. The van der Waals surface area contributed by atoms with E-state index in [0.717, 1.165) is 18.9 Å². The Hall–Kier alpha value is -2.91. The van der Waals surface area contributed by atoms with Crippen molar-refractivity contribution in [1.82, 2.24) is 9.78 Å². The highest BCUT2D eigenvalue weighted by Gasteiger charge is 2.37. The second-order valence-corrected chi connectivity index (χ2v) is 6.02. The molecule has 0 aliphatic heterocycles. The summed E-state index contributed by atoms with van der Waals surface area (Å²) in [5.74, 6) is -0.498. The van der Waals surface area contributed by atoms with Gasteiger partial charge >= 0.3 is 6.18 Å². The van der Waals surface area contributed by atoms with Crippen molar-refractivity contribution in [3.63, 3.8) is 0 Å². The van der Waals surface area contributed by atoms with E-state index in [1.807, 2.05) is 0 Å². The second-order valence-electron chi connectivity index (χ2n) is 6.02. The van der Waals surface area contributed by atoms with Gasteiger partial charge in [-0.1, -0.05) is 12.1 Å². The fourth-order valence-corrected chi connectivity index (χ4v) is 2.62. The molecule has 0 saturated heterocycles. The van der Waals surface area contributed by atoms with Crippen LogP contribution in [0.2, 0.25) is 0 Å². The van der Waals surface area contributed by atoms with E-state index >= 15 is 0 Å². The number of aromatic nitrogens is 2. The lowest BCUT2D eigenvalue weighted by Crippen LogP contribution is -2.17. The molecule has 1 saturated carbocycles. The van der Waals surface area contributed by atoms with Crippen LogP contribution in [0.3, 0.4) is 0 Å². The van der Waals surface area contributed by atoms with Crippen molar-refractivity contribution in [3.05, 3.63) is 51.8 Å². The van der Waals surface area contributed by atoms with E-state index in [4.69, 9.17) is 0 Å². The maximum absolute atomic E-state index is 12.9. The fourth-order valence-electron chi connectivity index (χ4n) is 2.62. The van der Waals surface area contributed by atoms with Gasteiger partial charge in [0.2, 0.25) is 5.91 Å². The van der Waals surface area contributed by atoms with Crippen molar-refractivity contribution in [3.8, 4) is 0 Å². The molecule has 1 aliphatic rings. The molecule has 10 heteroatoms. The van der Waals surface area contributed by atoms with E-state index in [-0.39, 0.29) is 30.3 Å². The number of carbonyl (C=O) groups is 1. The maximum atomic E-state index is 12.9. The fraction of sp³-hybridized carbons (Fsp3) is 0.375. The zero-order valence-electron chi connectivity index (χ0n) is 13.5. The molecule has 7 nitrogen and oxygen atoms in total. The summed E-state index contributed by atoms with van der Waals surface area (Å²) >= 11 is 0. The molecule has 3 rings (SSSR count). The number of nitro benzene ring substituents is 1. The molecular weight excluding hydrogens is 353 g/mol. The maximum Gasteiger partial charge on any atom is 0.435 e. The first-order valence-corrected chi connectivity index (χ1v) is 7.94. The van der Waals surface area contributed by atoms with Gasteiger partial charge in [0.05, 0.1) is 4.92 Å². The Balaban J connectivity index is 1.69. The predicted octanol–water partition coefficient (Wildman–Crippen LogP) is 3.72. The molecule has 1 aromatic carbocycles. The zero-order valence-corrected chi connectivity index (χ0v) is 13.5. The number of anilines is 1. The quantitative estimate of drug-likeness (QED) is 0.622. The number of halogens is 3. The van der Waals surface area contributed by atoms with Crippen molar-refractivity contribution in [1.29, 1.82) is 0 Å². The molecule has 0 atom stereocenters. The third kappa shape index (κ3) is 4.01. The molecule has 0 spiro atoms. The summed E-state index contributed by atoms with van der Waals surface area (Å²) < 4.78 is 39.8. The first kappa shape index (κ1) is 17.9. The molecule has 2 aromatic rings. The van der Waals surface area contributed by atoms with E-state index in [1.54, 1.807) is 0 Å². The summed E-state index contributed by atoms with van der Waals surface area (Å²) in [5.41, 5.74) is -0.714. The molecule has 0 bridgehead atoms. The van der Waals surface area contributed by atoms with Gasteiger partial charge < -0.3 is 5.32 Å². The van der Waals surface area contributed by atoms with Crippen LogP contribution in [-0.2, 0) is 17.5 Å². The van der Waals surface area contributed by atoms with Crippen LogP contribution in [0.4, 0.5) is 24.5 Å². The summed E-state index contributed by atoms with van der Waals surface area (Å²) in [5, 5.41) is 16.9. The summed E-state index contributed by atoms with van der Waals surface area (Å²) in [6.07, 6.45) is -3.09. The Bertz CT molecular complexity index is 844. The van der Waals surface area contributed by atoms with Gasteiger partial charge in [0.1, 0.15) is 5.69 Å². The largest absolute Gasteiger partial charge is 0.435 e. The number of hydrogen-bond donors (Lipinski definition) is 1. The van der Waals surface area contributed by atoms with Crippen molar-refractivity contribution >= 4 is 17.3 Å². The third-order valence-electron chi connectivity index (χ3n) is 4.02. The monoisotopic (exact) mass is 368 g/mol. The number of hydrogen-bond acceptors (Lipinski definition) is 4. The number of nitrogens with one attached hydrogen (secondary N) is 1. The van der Waals surface area contributed by atoms with Crippen LogP contribution in [0.1, 0.15) is 36.6 Å². The van der Waals surface area contributed by atoms with Crippen LogP contribution in [0.15, 0.2) is 30.3 Å².